The molecule has 0 radical (unpaired) electrons. The molecular weight excluding hydrogens is 324 g/mol. The SMILES string of the molecule is COc1ccccc1C(=O)N[C@@H](C)c1ccc(N2CCC(C)CC2)cc1. The number of methoxy groups -OCH3 is 1. The van der Waals surface area contributed by atoms with E-state index in [2.05, 4.69) is 41.4 Å². The number of hydrogen-bond acceptors (Lipinski definition) is 3. The van der Waals surface area contributed by atoms with Crippen LogP contribution in [0.25, 0.3) is 0 Å². The van der Waals surface area contributed by atoms with E-state index in [0.29, 0.717) is 11.3 Å². The largest absolute Gasteiger partial charge is 0.496 e. The maximum absolute atomic E-state index is 12.6. The van der Waals surface area contributed by atoms with E-state index in [-0.39, 0.29) is 11.9 Å². The molecule has 0 aromatic heterocycles. The van der Waals surface area contributed by atoms with Crippen molar-refractivity contribution in [3.05, 3.63) is 59.7 Å². The highest BCUT2D eigenvalue weighted by atomic mass is 16.5. The molecular formula is C22H28N2O2. The summed E-state index contributed by atoms with van der Waals surface area (Å²) in [7, 11) is 1.58. The van der Waals surface area contributed by atoms with Crippen LogP contribution in [0.5, 0.6) is 5.75 Å². The Morgan fingerprint density at radius 2 is 1.77 bits per heavy atom. The molecule has 0 unspecified atom stereocenters. The molecule has 1 heterocycles. The molecule has 2 aromatic carbocycles. The van der Waals surface area contributed by atoms with Gasteiger partial charge in [-0.05, 0) is 55.5 Å². The van der Waals surface area contributed by atoms with Crippen molar-refractivity contribution in [3.63, 3.8) is 0 Å². The van der Waals surface area contributed by atoms with Gasteiger partial charge in [-0.15, -0.1) is 0 Å². The summed E-state index contributed by atoms with van der Waals surface area (Å²) in [5.74, 6) is 1.30. The Kier molecular flexibility index (Phi) is 5.82. The molecule has 1 fully saturated rings. The molecule has 26 heavy (non-hydrogen) atoms. The van der Waals surface area contributed by atoms with Crippen molar-refractivity contribution in [2.75, 3.05) is 25.1 Å². The second-order valence-electron chi connectivity index (χ2n) is 7.16. The van der Waals surface area contributed by atoms with Gasteiger partial charge in [-0.2, -0.15) is 0 Å². The fraction of sp³-hybridized carbons (Fsp3) is 0.409. The molecule has 4 heteroatoms. The number of nitrogens with zero attached hydrogens (tertiary/aromatic N) is 1. The van der Waals surface area contributed by atoms with Crippen LogP contribution in [0.4, 0.5) is 5.69 Å². The van der Waals surface area contributed by atoms with Gasteiger partial charge in [-0.25, -0.2) is 0 Å². The lowest BCUT2D eigenvalue weighted by atomic mass is 9.98. The van der Waals surface area contributed by atoms with E-state index in [0.717, 1.165) is 24.6 Å². The van der Waals surface area contributed by atoms with Gasteiger partial charge >= 0.3 is 0 Å². The summed E-state index contributed by atoms with van der Waals surface area (Å²) < 4.78 is 5.28. The third-order valence-electron chi connectivity index (χ3n) is 5.24. The van der Waals surface area contributed by atoms with Crippen LogP contribution in [0, 0.1) is 5.92 Å². The van der Waals surface area contributed by atoms with Crippen molar-refractivity contribution in [1.29, 1.82) is 0 Å². The summed E-state index contributed by atoms with van der Waals surface area (Å²) in [6, 6.07) is 15.8. The zero-order chi connectivity index (χ0) is 18.5. The summed E-state index contributed by atoms with van der Waals surface area (Å²) in [5.41, 5.74) is 2.92. The number of benzene rings is 2. The van der Waals surface area contributed by atoms with E-state index in [4.69, 9.17) is 4.74 Å². The number of piperidine rings is 1. The van der Waals surface area contributed by atoms with Crippen molar-refractivity contribution in [1.82, 2.24) is 5.32 Å². The maximum atomic E-state index is 12.6. The average molecular weight is 352 g/mol. The van der Waals surface area contributed by atoms with E-state index in [1.807, 2.05) is 19.1 Å². The highest BCUT2D eigenvalue weighted by Crippen LogP contribution is 2.25. The molecule has 3 rings (SSSR count). The molecule has 1 aliphatic heterocycles. The number of amides is 1. The molecule has 0 bridgehead atoms. The van der Waals surface area contributed by atoms with E-state index in [1.54, 1.807) is 19.2 Å². The van der Waals surface area contributed by atoms with Gasteiger partial charge < -0.3 is 15.0 Å². The van der Waals surface area contributed by atoms with Crippen LogP contribution in [-0.2, 0) is 0 Å². The number of ether oxygens (including phenoxy) is 1. The number of nitrogens with one attached hydrogen (secondary N) is 1. The van der Waals surface area contributed by atoms with Crippen molar-refractivity contribution in [2.45, 2.75) is 32.7 Å². The van der Waals surface area contributed by atoms with Crippen molar-refractivity contribution in [3.8, 4) is 5.75 Å². The number of carbonyl (C=O) groups excluding carboxylic acids is 1. The molecule has 1 aliphatic rings. The summed E-state index contributed by atoms with van der Waals surface area (Å²) in [6.07, 6.45) is 2.51. The van der Waals surface area contributed by atoms with E-state index in [1.165, 1.54) is 18.5 Å². The monoisotopic (exact) mass is 352 g/mol. The zero-order valence-corrected chi connectivity index (χ0v) is 15.9. The molecule has 0 aliphatic carbocycles. The van der Waals surface area contributed by atoms with Crippen molar-refractivity contribution < 1.29 is 9.53 Å². The second kappa shape index (κ2) is 8.26. The van der Waals surface area contributed by atoms with Gasteiger partial charge in [0.05, 0.1) is 18.7 Å². The third-order valence-corrected chi connectivity index (χ3v) is 5.24. The van der Waals surface area contributed by atoms with Crippen molar-refractivity contribution >= 4 is 11.6 Å². The summed E-state index contributed by atoms with van der Waals surface area (Å²) >= 11 is 0. The predicted octanol–water partition coefficient (Wildman–Crippen LogP) is 4.42. The first-order chi connectivity index (χ1) is 12.6. The highest BCUT2D eigenvalue weighted by Gasteiger charge is 2.17. The first-order valence-corrected chi connectivity index (χ1v) is 9.37. The predicted molar refractivity (Wildman–Crippen MR) is 106 cm³/mol. The minimum absolute atomic E-state index is 0.0668. The number of hydrogen-bond donors (Lipinski definition) is 1. The van der Waals surface area contributed by atoms with Crippen LogP contribution in [-0.4, -0.2) is 26.1 Å². The van der Waals surface area contributed by atoms with Gasteiger partial charge in [0.25, 0.3) is 5.91 Å². The molecule has 2 aromatic rings. The quantitative estimate of drug-likeness (QED) is 0.866. The minimum atomic E-state index is -0.121. The topological polar surface area (TPSA) is 41.6 Å². The van der Waals surface area contributed by atoms with Crippen LogP contribution in [0.3, 0.4) is 0 Å². The number of carbonyl (C=O) groups is 1. The molecule has 1 atom stereocenters. The van der Waals surface area contributed by atoms with Gasteiger partial charge in [0.2, 0.25) is 0 Å². The highest BCUT2D eigenvalue weighted by molar-refractivity contribution is 5.97. The van der Waals surface area contributed by atoms with Gasteiger partial charge in [0.15, 0.2) is 0 Å². The van der Waals surface area contributed by atoms with E-state index >= 15 is 0 Å². The lowest BCUT2D eigenvalue weighted by molar-refractivity contribution is 0.0937. The fourth-order valence-electron chi connectivity index (χ4n) is 3.43. The maximum Gasteiger partial charge on any atom is 0.255 e. The first kappa shape index (κ1) is 18.3. The molecule has 1 saturated heterocycles. The molecule has 0 spiro atoms. The first-order valence-electron chi connectivity index (χ1n) is 9.37. The van der Waals surface area contributed by atoms with Crippen molar-refractivity contribution in [2.24, 2.45) is 5.92 Å². The Bertz CT molecular complexity index is 734. The summed E-state index contributed by atoms with van der Waals surface area (Å²) in [6.45, 7) is 6.58. The Labute approximate surface area is 156 Å². The second-order valence-corrected chi connectivity index (χ2v) is 7.16. The summed E-state index contributed by atoms with van der Waals surface area (Å²) in [4.78, 5) is 15.0. The minimum Gasteiger partial charge on any atom is -0.496 e. The standard InChI is InChI=1S/C22H28N2O2/c1-16-12-14-24(15-13-16)19-10-8-18(9-11-19)17(2)23-22(25)20-6-4-5-7-21(20)26-3/h4-11,16-17H,12-15H2,1-3H3,(H,23,25)/t17-/m0/s1. The molecule has 4 nitrogen and oxygen atoms in total. The van der Waals surface area contributed by atoms with Gasteiger partial charge in [-0.1, -0.05) is 31.2 Å². The van der Waals surface area contributed by atoms with Crippen LogP contribution in [0.2, 0.25) is 0 Å². The number of rotatable bonds is 5. The van der Waals surface area contributed by atoms with Crippen LogP contribution in [0.1, 0.15) is 48.7 Å². The van der Waals surface area contributed by atoms with Crippen LogP contribution < -0.4 is 15.0 Å². The lowest BCUT2D eigenvalue weighted by Crippen LogP contribution is -2.32. The Balaban J connectivity index is 1.64. The Morgan fingerprint density at radius 3 is 2.42 bits per heavy atom. The van der Waals surface area contributed by atoms with Gasteiger partial charge in [-0.3, -0.25) is 4.79 Å². The van der Waals surface area contributed by atoms with Gasteiger partial charge in [0, 0.05) is 18.8 Å². The normalized spacial score (nSPS) is 16.2. The lowest BCUT2D eigenvalue weighted by Gasteiger charge is -2.32. The smallest absolute Gasteiger partial charge is 0.255 e. The fourth-order valence-corrected chi connectivity index (χ4v) is 3.43. The summed E-state index contributed by atoms with van der Waals surface area (Å²) in [5, 5.41) is 3.06. The van der Waals surface area contributed by atoms with E-state index < -0.39 is 0 Å². The molecule has 138 valence electrons. The van der Waals surface area contributed by atoms with E-state index in [9.17, 15) is 4.79 Å². The van der Waals surface area contributed by atoms with Crippen LogP contribution in [0.15, 0.2) is 48.5 Å². The Hall–Kier alpha value is -2.49. The number of anilines is 1. The third kappa shape index (κ3) is 4.18. The average Bonchev–Trinajstić information content (AvgIpc) is 2.68. The number of para-hydroxylation sites is 1. The molecule has 0 saturated carbocycles. The van der Waals surface area contributed by atoms with Crippen LogP contribution >= 0.6 is 0 Å². The van der Waals surface area contributed by atoms with Gasteiger partial charge in [0.1, 0.15) is 5.75 Å². The zero-order valence-electron chi connectivity index (χ0n) is 15.9. The molecule has 1 amide bonds. The Morgan fingerprint density at radius 1 is 1.12 bits per heavy atom. The molecule has 1 N–H and O–H groups in total.